The molecule has 2 saturated heterocycles. The summed E-state index contributed by atoms with van der Waals surface area (Å²) in [6.45, 7) is 7.31. The predicted molar refractivity (Wildman–Crippen MR) is 197 cm³/mol. The van der Waals surface area contributed by atoms with Crippen LogP contribution in [0.5, 0.6) is 11.5 Å². The summed E-state index contributed by atoms with van der Waals surface area (Å²) in [6.07, 6.45) is 2.92. The molecule has 0 aliphatic carbocycles. The van der Waals surface area contributed by atoms with E-state index in [0.717, 1.165) is 61.4 Å². The first-order chi connectivity index (χ1) is 25.6. The smallest absolute Gasteiger partial charge is 0.278 e. The Hall–Kier alpha value is -5.04. The second-order valence-corrected chi connectivity index (χ2v) is 14.7. The minimum absolute atomic E-state index is 0.127. The molecule has 2 atom stereocenters. The molecule has 9 rings (SSSR count). The van der Waals surface area contributed by atoms with E-state index in [1.54, 1.807) is 32.0 Å². The standard InChI is InChI=1S/C40H37ClF2N6O4/c1-22-29-16-24(17-32(43)37(29)47-46-22)39(50)44-26-7-9-34-33(19-26)45-36(49(34)20-27-12-15-51-27)21-48-13-10-23(11-14-48)28-4-3-5-35-38(28)53-40(2,52-35)30-8-6-25(41)18-31(30)42/h3-9,16-19,23,27H,10-15,20-21H2,1-2H3,(H,44,50)(H,46,47). The molecule has 13 heteroatoms. The number of rotatable bonds is 8. The van der Waals surface area contributed by atoms with Crippen LogP contribution in [-0.2, 0) is 23.6 Å². The molecule has 3 aliphatic heterocycles. The number of anilines is 1. The van der Waals surface area contributed by atoms with Gasteiger partial charge in [0, 0.05) is 46.4 Å². The Bertz CT molecular complexity index is 2400. The number of amides is 1. The largest absolute Gasteiger partial charge is 0.444 e. The van der Waals surface area contributed by atoms with Crippen molar-refractivity contribution in [1.82, 2.24) is 24.6 Å². The predicted octanol–water partition coefficient (Wildman–Crippen LogP) is 8.22. The fraction of sp³-hybridized carbons (Fsp3) is 0.325. The molecular formula is C40H37ClF2N6O4. The number of benzene rings is 4. The molecular weight excluding hydrogens is 702 g/mol. The minimum Gasteiger partial charge on any atom is -0.444 e. The van der Waals surface area contributed by atoms with Crippen LogP contribution in [0.3, 0.4) is 0 Å². The quantitative estimate of drug-likeness (QED) is 0.162. The van der Waals surface area contributed by atoms with Crippen LogP contribution in [0.4, 0.5) is 14.5 Å². The van der Waals surface area contributed by atoms with Crippen molar-refractivity contribution >= 4 is 45.1 Å². The number of ether oxygens (including phenoxy) is 3. The van der Waals surface area contributed by atoms with Gasteiger partial charge in [-0.2, -0.15) is 5.10 Å². The minimum atomic E-state index is -1.30. The zero-order valence-corrected chi connectivity index (χ0v) is 30.0. The Morgan fingerprint density at radius 1 is 1.04 bits per heavy atom. The number of hydrogen-bond acceptors (Lipinski definition) is 7. The van der Waals surface area contributed by atoms with E-state index in [4.69, 9.17) is 30.8 Å². The molecule has 3 aliphatic rings. The fourth-order valence-electron chi connectivity index (χ4n) is 7.79. The van der Waals surface area contributed by atoms with Crippen LogP contribution in [0, 0.1) is 18.6 Å². The number of fused-ring (bicyclic) bond motifs is 3. The third-order valence-corrected chi connectivity index (χ3v) is 11.0. The number of aromatic amines is 1. The second-order valence-electron chi connectivity index (χ2n) is 14.3. The summed E-state index contributed by atoms with van der Waals surface area (Å²) in [6, 6.07) is 18.9. The summed E-state index contributed by atoms with van der Waals surface area (Å²) < 4.78 is 50.3. The first-order valence-electron chi connectivity index (χ1n) is 17.9. The molecule has 2 N–H and O–H groups in total. The number of carbonyl (C=O) groups excluding carboxylic acids is 1. The normalized spacial score (nSPS) is 20.3. The van der Waals surface area contributed by atoms with Gasteiger partial charge in [-0.3, -0.25) is 14.8 Å². The van der Waals surface area contributed by atoms with Gasteiger partial charge in [-0.1, -0.05) is 23.7 Å². The molecule has 2 aromatic heterocycles. The number of carbonyl (C=O) groups is 1. The van der Waals surface area contributed by atoms with E-state index in [9.17, 15) is 13.6 Å². The van der Waals surface area contributed by atoms with Crippen LogP contribution in [0.1, 0.15) is 65.1 Å². The van der Waals surface area contributed by atoms with Gasteiger partial charge in [0.2, 0.25) is 0 Å². The lowest BCUT2D eigenvalue weighted by Gasteiger charge is -2.33. The lowest BCUT2D eigenvalue weighted by molar-refractivity contribution is -0.0712. The highest BCUT2D eigenvalue weighted by atomic mass is 35.5. The molecule has 10 nitrogen and oxygen atoms in total. The van der Waals surface area contributed by atoms with Crippen LogP contribution >= 0.6 is 11.6 Å². The highest BCUT2D eigenvalue weighted by Crippen LogP contribution is 2.50. The van der Waals surface area contributed by atoms with Crippen LogP contribution in [0.15, 0.2) is 66.7 Å². The van der Waals surface area contributed by atoms with E-state index in [1.165, 1.54) is 12.1 Å². The van der Waals surface area contributed by atoms with Crippen molar-refractivity contribution in [2.45, 2.75) is 64.0 Å². The first-order valence-corrected chi connectivity index (χ1v) is 18.2. The Morgan fingerprint density at radius 2 is 1.87 bits per heavy atom. The number of imidazole rings is 1. The fourth-order valence-corrected chi connectivity index (χ4v) is 7.94. The molecule has 0 radical (unpaired) electrons. The average molecular weight is 739 g/mol. The Kier molecular flexibility index (Phi) is 8.36. The number of nitrogens with one attached hydrogen (secondary N) is 2. The molecule has 5 heterocycles. The molecule has 4 aromatic carbocycles. The monoisotopic (exact) mass is 738 g/mol. The van der Waals surface area contributed by atoms with Crippen molar-refractivity contribution in [3.8, 4) is 11.5 Å². The van der Waals surface area contributed by atoms with E-state index in [-0.39, 0.29) is 23.1 Å². The maximum Gasteiger partial charge on any atom is 0.278 e. The summed E-state index contributed by atoms with van der Waals surface area (Å²) in [5.74, 6) is -0.318. The highest BCUT2D eigenvalue weighted by Gasteiger charge is 2.43. The molecule has 272 valence electrons. The van der Waals surface area contributed by atoms with Gasteiger partial charge >= 0.3 is 0 Å². The lowest BCUT2D eigenvalue weighted by Crippen LogP contribution is -2.35. The van der Waals surface area contributed by atoms with Gasteiger partial charge in [0.05, 0.1) is 35.8 Å². The van der Waals surface area contributed by atoms with Gasteiger partial charge in [0.15, 0.2) is 17.3 Å². The number of halogens is 3. The number of para-hydroxylation sites is 1. The van der Waals surface area contributed by atoms with Crippen molar-refractivity contribution in [3.63, 3.8) is 0 Å². The summed E-state index contributed by atoms with van der Waals surface area (Å²) in [5, 5.41) is 10.6. The van der Waals surface area contributed by atoms with E-state index in [1.807, 2.05) is 30.3 Å². The first kappa shape index (κ1) is 33.8. The van der Waals surface area contributed by atoms with Crippen molar-refractivity contribution in [3.05, 3.63) is 112 Å². The van der Waals surface area contributed by atoms with Crippen molar-refractivity contribution < 1.29 is 27.8 Å². The summed E-state index contributed by atoms with van der Waals surface area (Å²) >= 11 is 6.01. The third kappa shape index (κ3) is 6.18. The number of aryl methyl sites for hydroxylation is 1. The van der Waals surface area contributed by atoms with E-state index >= 15 is 0 Å². The van der Waals surface area contributed by atoms with Gasteiger partial charge in [-0.15, -0.1) is 0 Å². The van der Waals surface area contributed by atoms with Gasteiger partial charge < -0.3 is 24.1 Å². The molecule has 0 spiro atoms. The van der Waals surface area contributed by atoms with Gasteiger partial charge in [0.25, 0.3) is 11.7 Å². The van der Waals surface area contributed by atoms with Crippen LogP contribution < -0.4 is 14.8 Å². The SMILES string of the molecule is Cc1[nH]nc2c(F)cc(C(=O)Nc3ccc4c(c3)nc(CN3CCC(c5cccc6c5OC(C)(c5ccc(Cl)cc5F)O6)CC3)n4CC3CCO3)cc12. The molecule has 0 bridgehead atoms. The van der Waals surface area contributed by atoms with E-state index < -0.39 is 23.3 Å². The van der Waals surface area contributed by atoms with Gasteiger partial charge in [-0.25, -0.2) is 13.8 Å². The van der Waals surface area contributed by atoms with Crippen molar-refractivity contribution in [2.24, 2.45) is 0 Å². The van der Waals surface area contributed by atoms with Gasteiger partial charge in [0.1, 0.15) is 17.2 Å². The lowest BCUT2D eigenvalue weighted by atomic mass is 9.88. The second kappa shape index (κ2) is 13.1. The van der Waals surface area contributed by atoms with Crippen LogP contribution in [-0.4, -0.2) is 56.4 Å². The Balaban J connectivity index is 0.912. The number of aromatic nitrogens is 4. The van der Waals surface area contributed by atoms with Gasteiger partial charge in [-0.05, 0) is 99.8 Å². The number of piperidine rings is 1. The molecule has 0 saturated carbocycles. The number of H-pyrrole nitrogens is 1. The Labute approximate surface area is 309 Å². The summed E-state index contributed by atoms with van der Waals surface area (Å²) in [4.78, 5) is 20.7. The maximum absolute atomic E-state index is 14.9. The molecule has 1 amide bonds. The van der Waals surface area contributed by atoms with E-state index in [0.29, 0.717) is 51.9 Å². The summed E-state index contributed by atoms with van der Waals surface area (Å²) in [5.41, 5.74) is 4.75. The van der Waals surface area contributed by atoms with E-state index in [2.05, 4.69) is 31.0 Å². The topological polar surface area (TPSA) is 107 Å². The zero-order valence-electron chi connectivity index (χ0n) is 29.2. The molecule has 2 fully saturated rings. The number of likely N-dealkylation sites (tertiary alicyclic amines) is 1. The number of hydrogen-bond donors (Lipinski definition) is 2. The average Bonchev–Trinajstić information content (AvgIpc) is 3.78. The third-order valence-electron chi connectivity index (χ3n) is 10.8. The van der Waals surface area contributed by atoms with Crippen LogP contribution in [0.2, 0.25) is 5.02 Å². The van der Waals surface area contributed by atoms with Crippen molar-refractivity contribution in [1.29, 1.82) is 0 Å². The zero-order chi connectivity index (χ0) is 36.4. The van der Waals surface area contributed by atoms with Crippen molar-refractivity contribution in [2.75, 3.05) is 25.0 Å². The maximum atomic E-state index is 14.9. The van der Waals surface area contributed by atoms with Crippen LogP contribution in [0.25, 0.3) is 21.9 Å². The molecule has 6 aromatic rings. The number of nitrogens with zero attached hydrogens (tertiary/aromatic N) is 4. The Morgan fingerprint density at radius 3 is 2.64 bits per heavy atom. The summed E-state index contributed by atoms with van der Waals surface area (Å²) in [7, 11) is 0. The molecule has 2 unspecified atom stereocenters. The highest BCUT2D eigenvalue weighted by molar-refractivity contribution is 6.30. The molecule has 53 heavy (non-hydrogen) atoms.